The van der Waals surface area contributed by atoms with Gasteiger partial charge in [0, 0.05) is 36.7 Å². The van der Waals surface area contributed by atoms with E-state index in [2.05, 4.69) is 16.9 Å². The normalized spacial score (nSPS) is 14.2. The van der Waals surface area contributed by atoms with Gasteiger partial charge in [-0.15, -0.1) is 0 Å². The number of aromatic nitrogens is 2. The summed E-state index contributed by atoms with van der Waals surface area (Å²) in [6.45, 7) is 4.88. The molecule has 1 saturated heterocycles. The van der Waals surface area contributed by atoms with E-state index in [1.54, 1.807) is 41.5 Å². The van der Waals surface area contributed by atoms with Crippen LogP contribution in [0.25, 0.3) is 5.70 Å². The number of para-hydroxylation sites is 1. The maximum atomic E-state index is 12.8. The Kier molecular flexibility index (Phi) is 6.38. The number of rotatable bonds is 8. The SMILES string of the molecule is C=C(c1ccccc1OCC(=O)Nc1cccc(S(=O)(=O)N2CCCC2)c1)n1ccnc1. The number of amides is 1. The molecule has 1 amide bonds. The topological polar surface area (TPSA) is 93.5 Å². The minimum absolute atomic E-state index is 0.167. The number of nitrogens with zero attached hydrogens (tertiary/aromatic N) is 3. The first kappa shape index (κ1) is 21.8. The van der Waals surface area contributed by atoms with Crippen LogP contribution in [-0.4, -0.2) is 47.9 Å². The summed E-state index contributed by atoms with van der Waals surface area (Å²) in [6, 6.07) is 13.6. The molecule has 1 N–H and O–H groups in total. The summed E-state index contributed by atoms with van der Waals surface area (Å²) in [4.78, 5) is 16.7. The number of hydrogen-bond acceptors (Lipinski definition) is 5. The second-order valence-electron chi connectivity index (χ2n) is 7.39. The number of hydrogen-bond donors (Lipinski definition) is 1. The summed E-state index contributed by atoms with van der Waals surface area (Å²) >= 11 is 0. The third-order valence-corrected chi connectivity index (χ3v) is 7.09. The van der Waals surface area contributed by atoms with E-state index in [0.717, 1.165) is 18.4 Å². The number of benzene rings is 2. The highest BCUT2D eigenvalue weighted by Crippen LogP contribution is 2.26. The minimum Gasteiger partial charge on any atom is -0.483 e. The average Bonchev–Trinajstić information content (AvgIpc) is 3.52. The monoisotopic (exact) mass is 452 g/mol. The second kappa shape index (κ2) is 9.37. The molecule has 9 heteroatoms. The molecule has 0 saturated carbocycles. The van der Waals surface area contributed by atoms with Crippen LogP contribution in [0.1, 0.15) is 18.4 Å². The molecule has 4 rings (SSSR count). The lowest BCUT2D eigenvalue weighted by atomic mass is 10.1. The lowest BCUT2D eigenvalue weighted by Gasteiger charge is -2.16. The zero-order valence-corrected chi connectivity index (χ0v) is 18.3. The Morgan fingerprint density at radius 3 is 2.66 bits per heavy atom. The van der Waals surface area contributed by atoms with Crippen molar-refractivity contribution in [3.8, 4) is 5.75 Å². The van der Waals surface area contributed by atoms with Crippen molar-refractivity contribution >= 4 is 27.3 Å². The fourth-order valence-electron chi connectivity index (χ4n) is 3.54. The summed E-state index contributed by atoms with van der Waals surface area (Å²) < 4.78 is 34.5. The van der Waals surface area contributed by atoms with Gasteiger partial charge >= 0.3 is 0 Å². The van der Waals surface area contributed by atoms with Crippen LogP contribution in [0.15, 0.2) is 78.7 Å². The smallest absolute Gasteiger partial charge is 0.262 e. The predicted octanol–water partition coefficient (Wildman–Crippen LogP) is 3.20. The highest BCUT2D eigenvalue weighted by molar-refractivity contribution is 7.89. The molecule has 1 fully saturated rings. The number of ether oxygens (including phenoxy) is 1. The molecule has 0 atom stereocenters. The maximum absolute atomic E-state index is 12.8. The van der Waals surface area contributed by atoms with Crippen molar-refractivity contribution in [2.75, 3.05) is 25.0 Å². The van der Waals surface area contributed by atoms with Gasteiger partial charge in [0.25, 0.3) is 5.91 Å². The van der Waals surface area contributed by atoms with Crippen molar-refractivity contribution in [2.24, 2.45) is 0 Å². The molecular formula is C23H24N4O4S. The Bertz CT molecular complexity index is 1220. The zero-order chi connectivity index (χ0) is 22.6. The van der Waals surface area contributed by atoms with Crippen LogP contribution in [0, 0.1) is 0 Å². The fraction of sp³-hybridized carbons (Fsp3) is 0.217. The molecule has 0 aliphatic carbocycles. The van der Waals surface area contributed by atoms with Crippen LogP contribution in [0.5, 0.6) is 5.75 Å². The molecule has 166 valence electrons. The predicted molar refractivity (Wildman–Crippen MR) is 122 cm³/mol. The van der Waals surface area contributed by atoms with Crippen LogP contribution in [0.3, 0.4) is 0 Å². The number of nitrogens with one attached hydrogen (secondary N) is 1. The van der Waals surface area contributed by atoms with E-state index < -0.39 is 15.9 Å². The van der Waals surface area contributed by atoms with Crippen LogP contribution < -0.4 is 10.1 Å². The average molecular weight is 453 g/mol. The van der Waals surface area contributed by atoms with Gasteiger partial charge in [-0.3, -0.25) is 4.79 Å². The van der Waals surface area contributed by atoms with Crippen molar-refractivity contribution in [1.29, 1.82) is 0 Å². The molecule has 1 aliphatic heterocycles. The highest BCUT2D eigenvalue weighted by atomic mass is 32.2. The van der Waals surface area contributed by atoms with Crippen molar-refractivity contribution in [1.82, 2.24) is 13.9 Å². The van der Waals surface area contributed by atoms with Gasteiger partial charge in [0.2, 0.25) is 10.0 Å². The van der Waals surface area contributed by atoms with E-state index in [1.807, 2.05) is 18.2 Å². The Morgan fingerprint density at radius 2 is 1.91 bits per heavy atom. The highest BCUT2D eigenvalue weighted by Gasteiger charge is 2.27. The first-order chi connectivity index (χ1) is 15.4. The van der Waals surface area contributed by atoms with E-state index in [9.17, 15) is 13.2 Å². The van der Waals surface area contributed by atoms with E-state index >= 15 is 0 Å². The first-order valence-electron chi connectivity index (χ1n) is 10.2. The maximum Gasteiger partial charge on any atom is 0.262 e. The first-order valence-corrected chi connectivity index (χ1v) is 11.7. The third kappa shape index (κ3) is 4.74. The Labute approximate surface area is 187 Å². The van der Waals surface area contributed by atoms with Crippen molar-refractivity contribution < 1.29 is 17.9 Å². The molecule has 0 spiro atoms. The van der Waals surface area contributed by atoms with Crippen molar-refractivity contribution in [3.63, 3.8) is 0 Å². The van der Waals surface area contributed by atoms with Gasteiger partial charge in [-0.25, -0.2) is 13.4 Å². The molecule has 0 radical (unpaired) electrons. The van der Waals surface area contributed by atoms with Gasteiger partial charge in [-0.05, 0) is 43.2 Å². The van der Waals surface area contributed by atoms with Gasteiger partial charge < -0.3 is 14.6 Å². The lowest BCUT2D eigenvalue weighted by molar-refractivity contribution is -0.118. The number of imidazole rings is 1. The summed E-state index contributed by atoms with van der Waals surface area (Å²) in [6.07, 6.45) is 6.79. The second-order valence-corrected chi connectivity index (χ2v) is 9.33. The fourth-order valence-corrected chi connectivity index (χ4v) is 5.10. The van der Waals surface area contributed by atoms with E-state index in [0.29, 0.717) is 30.2 Å². The van der Waals surface area contributed by atoms with E-state index in [-0.39, 0.29) is 11.5 Å². The molecule has 2 aromatic carbocycles. The molecule has 8 nitrogen and oxygen atoms in total. The number of carbonyl (C=O) groups excluding carboxylic acids is 1. The van der Waals surface area contributed by atoms with Crippen LogP contribution >= 0.6 is 0 Å². The van der Waals surface area contributed by atoms with Crippen molar-refractivity contribution in [2.45, 2.75) is 17.7 Å². The summed E-state index contributed by atoms with van der Waals surface area (Å²) in [5.74, 6) is 0.107. The van der Waals surface area contributed by atoms with Gasteiger partial charge in [0.15, 0.2) is 6.61 Å². The molecular weight excluding hydrogens is 428 g/mol. The van der Waals surface area contributed by atoms with Gasteiger partial charge in [-0.1, -0.05) is 24.8 Å². The van der Waals surface area contributed by atoms with Crippen molar-refractivity contribution in [3.05, 3.63) is 79.4 Å². The molecule has 2 heterocycles. The standard InChI is InChI=1S/C23H24N4O4S/c1-18(26-14-11-24-17-26)21-9-2-3-10-22(21)31-16-23(28)25-19-7-6-8-20(15-19)32(29,30)27-12-4-5-13-27/h2-3,6-11,14-15,17H,1,4-5,12-13,16H2,(H,25,28). The Hall–Kier alpha value is -3.43. The van der Waals surface area contributed by atoms with Crippen LogP contribution in [-0.2, 0) is 14.8 Å². The number of sulfonamides is 1. The Balaban J connectivity index is 1.42. The molecule has 1 aliphatic rings. The number of carbonyl (C=O) groups is 1. The zero-order valence-electron chi connectivity index (χ0n) is 17.5. The van der Waals surface area contributed by atoms with Crippen LogP contribution in [0.2, 0.25) is 0 Å². The summed E-state index contributed by atoms with van der Waals surface area (Å²) in [7, 11) is -3.56. The van der Waals surface area contributed by atoms with Gasteiger partial charge in [0.1, 0.15) is 5.75 Å². The van der Waals surface area contributed by atoms with Gasteiger partial charge in [-0.2, -0.15) is 4.31 Å². The lowest BCUT2D eigenvalue weighted by Crippen LogP contribution is -2.28. The third-order valence-electron chi connectivity index (χ3n) is 5.19. The summed E-state index contributed by atoms with van der Waals surface area (Å²) in [5.41, 5.74) is 1.80. The minimum atomic E-state index is -3.56. The molecule has 0 unspecified atom stereocenters. The molecule has 3 aromatic rings. The quantitative estimate of drug-likeness (QED) is 0.567. The molecule has 32 heavy (non-hydrogen) atoms. The van der Waals surface area contributed by atoms with E-state index in [1.165, 1.54) is 16.4 Å². The van der Waals surface area contributed by atoms with Gasteiger partial charge in [0.05, 0.1) is 16.9 Å². The summed E-state index contributed by atoms with van der Waals surface area (Å²) in [5, 5.41) is 2.71. The van der Waals surface area contributed by atoms with Crippen LogP contribution in [0.4, 0.5) is 5.69 Å². The molecule has 1 aromatic heterocycles. The molecule has 0 bridgehead atoms. The van der Waals surface area contributed by atoms with E-state index in [4.69, 9.17) is 4.74 Å². The number of anilines is 1. The largest absolute Gasteiger partial charge is 0.483 e. The Morgan fingerprint density at radius 1 is 1.12 bits per heavy atom.